The number of hydrogen-bond donors (Lipinski definition) is 0. The van der Waals surface area contributed by atoms with Gasteiger partial charge < -0.3 is 9.32 Å². The third-order valence-electron chi connectivity index (χ3n) is 9.52. The Balaban J connectivity index is 1.22. The van der Waals surface area contributed by atoms with Gasteiger partial charge in [-0.2, -0.15) is 0 Å². The fourth-order valence-corrected chi connectivity index (χ4v) is 7.22. The summed E-state index contributed by atoms with van der Waals surface area (Å²) in [5, 5.41) is 2.20. The number of hydrogen-bond acceptors (Lipinski definition) is 2. The third kappa shape index (κ3) is 5.24. The van der Waals surface area contributed by atoms with Crippen LogP contribution >= 0.6 is 0 Å². The van der Waals surface area contributed by atoms with Crippen LogP contribution in [0.5, 0.6) is 0 Å². The predicted octanol–water partition coefficient (Wildman–Crippen LogP) is 13.7. The molecular weight excluding hydrogens is 607 g/mol. The van der Waals surface area contributed by atoms with Gasteiger partial charge in [-0.25, -0.2) is 0 Å². The Labute approximate surface area is 292 Å². The SMILES string of the molecule is c1ccc(-c2ccc(-c3ccccc3-c3ccccc3-c3ccccc3N(c3ccccc3)c3cccc4oc5ccccc5c34)cc2)cc1. The minimum absolute atomic E-state index is 0.870. The molecule has 0 saturated carbocycles. The highest BCUT2D eigenvalue weighted by atomic mass is 16.3. The summed E-state index contributed by atoms with van der Waals surface area (Å²) in [5.41, 5.74) is 14.5. The van der Waals surface area contributed by atoms with Gasteiger partial charge in [0.25, 0.3) is 0 Å². The van der Waals surface area contributed by atoms with Gasteiger partial charge in [0.1, 0.15) is 11.2 Å². The van der Waals surface area contributed by atoms with Crippen molar-refractivity contribution < 1.29 is 4.42 Å². The Bertz CT molecular complexity index is 2580. The molecule has 0 saturated heterocycles. The normalized spacial score (nSPS) is 11.2. The van der Waals surface area contributed by atoms with E-state index in [0.717, 1.165) is 44.6 Å². The maximum absolute atomic E-state index is 6.37. The molecule has 1 heterocycles. The summed E-state index contributed by atoms with van der Waals surface area (Å²) < 4.78 is 6.37. The van der Waals surface area contributed by atoms with Gasteiger partial charge in [-0.05, 0) is 75.3 Å². The van der Waals surface area contributed by atoms with E-state index < -0.39 is 0 Å². The van der Waals surface area contributed by atoms with Crippen LogP contribution in [0.2, 0.25) is 0 Å². The van der Waals surface area contributed by atoms with Crippen LogP contribution < -0.4 is 4.90 Å². The summed E-state index contributed by atoms with van der Waals surface area (Å²) in [6.45, 7) is 0. The highest BCUT2D eigenvalue weighted by molar-refractivity contribution is 6.14. The number of para-hydroxylation sites is 3. The highest BCUT2D eigenvalue weighted by Crippen LogP contribution is 2.47. The molecule has 50 heavy (non-hydrogen) atoms. The van der Waals surface area contributed by atoms with Crippen molar-refractivity contribution in [3.05, 3.63) is 200 Å². The van der Waals surface area contributed by atoms with Crippen LogP contribution in [0.4, 0.5) is 17.1 Å². The molecular formula is C48H33NO. The lowest BCUT2D eigenvalue weighted by atomic mass is 9.88. The number of fused-ring (bicyclic) bond motifs is 3. The van der Waals surface area contributed by atoms with Crippen molar-refractivity contribution in [2.45, 2.75) is 0 Å². The number of rotatable bonds is 7. The molecule has 0 spiro atoms. The Hall–Kier alpha value is -6.64. The lowest BCUT2D eigenvalue weighted by Gasteiger charge is -2.29. The molecule has 8 aromatic carbocycles. The van der Waals surface area contributed by atoms with Crippen LogP contribution in [-0.2, 0) is 0 Å². The van der Waals surface area contributed by atoms with Gasteiger partial charge in [0.05, 0.1) is 16.8 Å². The second-order valence-corrected chi connectivity index (χ2v) is 12.5. The molecule has 0 N–H and O–H groups in total. The molecule has 2 heteroatoms. The zero-order valence-corrected chi connectivity index (χ0v) is 27.4. The minimum Gasteiger partial charge on any atom is -0.456 e. The van der Waals surface area contributed by atoms with Crippen LogP contribution in [-0.4, -0.2) is 0 Å². The van der Waals surface area contributed by atoms with E-state index in [9.17, 15) is 0 Å². The first-order valence-electron chi connectivity index (χ1n) is 17.0. The minimum atomic E-state index is 0.870. The second-order valence-electron chi connectivity index (χ2n) is 12.5. The molecule has 2 nitrogen and oxygen atoms in total. The zero-order chi connectivity index (χ0) is 33.3. The summed E-state index contributed by atoms with van der Waals surface area (Å²) >= 11 is 0. The van der Waals surface area contributed by atoms with Gasteiger partial charge in [-0.3, -0.25) is 0 Å². The standard InChI is InChI=1S/C48H33NO/c1-3-16-34(17-4-1)35-30-32-36(33-31-35)38-20-7-8-21-39(38)40-22-9-10-23-41(40)42-24-11-13-26-44(42)49(37-18-5-2-6-19-37)45-27-15-29-47-48(45)43-25-12-14-28-46(43)50-47/h1-33H. The molecule has 1 aromatic heterocycles. The number of benzene rings is 8. The van der Waals surface area contributed by atoms with Crippen molar-refractivity contribution in [2.75, 3.05) is 4.90 Å². The average molecular weight is 640 g/mol. The van der Waals surface area contributed by atoms with E-state index >= 15 is 0 Å². The molecule has 0 aliphatic heterocycles. The quantitative estimate of drug-likeness (QED) is 0.173. The van der Waals surface area contributed by atoms with Crippen molar-refractivity contribution in [2.24, 2.45) is 0 Å². The van der Waals surface area contributed by atoms with Crippen molar-refractivity contribution in [1.82, 2.24) is 0 Å². The lowest BCUT2D eigenvalue weighted by molar-refractivity contribution is 0.669. The van der Waals surface area contributed by atoms with Crippen LogP contribution in [0.3, 0.4) is 0 Å². The summed E-state index contributed by atoms with van der Waals surface area (Å²) in [4.78, 5) is 2.38. The molecule has 0 aliphatic carbocycles. The fourth-order valence-electron chi connectivity index (χ4n) is 7.22. The van der Waals surface area contributed by atoms with E-state index in [-0.39, 0.29) is 0 Å². The van der Waals surface area contributed by atoms with Crippen molar-refractivity contribution >= 4 is 39.0 Å². The molecule has 0 fully saturated rings. The molecule has 0 atom stereocenters. The molecule has 0 amide bonds. The molecule has 236 valence electrons. The first-order chi connectivity index (χ1) is 24.8. The number of nitrogens with zero attached hydrogens (tertiary/aromatic N) is 1. The van der Waals surface area contributed by atoms with Crippen LogP contribution in [0.15, 0.2) is 205 Å². The maximum Gasteiger partial charge on any atom is 0.137 e. The lowest BCUT2D eigenvalue weighted by Crippen LogP contribution is -2.11. The van der Waals surface area contributed by atoms with Gasteiger partial charge >= 0.3 is 0 Å². The third-order valence-corrected chi connectivity index (χ3v) is 9.52. The van der Waals surface area contributed by atoms with Crippen molar-refractivity contribution in [1.29, 1.82) is 0 Å². The van der Waals surface area contributed by atoms with Crippen molar-refractivity contribution in [3.63, 3.8) is 0 Å². The van der Waals surface area contributed by atoms with Crippen LogP contribution in [0, 0.1) is 0 Å². The fraction of sp³-hybridized carbons (Fsp3) is 0. The average Bonchev–Trinajstić information content (AvgIpc) is 3.59. The largest absolute Gasteiger partial charge is 0.456 e. The molecule has 0 unspecified atom stereocenters. The van der Waals surface area contributed by atoms with Gasteiger partial charge in [0.2, 0.25) is 0 Å². The monoisotopic (exact) mass is 639 g/mol. The molecule has 0 radical (unpaired) electrons. The van der Waals surface area contributed by atoms with Gasteiger partial charge in [0.15, 0.2) is 0 Å². The van der Waals surface area contributed by atoms with E-state index in [4.69, 9.17) is 4.42 Å². The van der Waals surface area contributed by atoms with E-state index in [1.807, 2.05) is 12.1 Å². The Morgan fingerprint density at radius 3 is 1.52 bits per heavy atom. The summed E-state index contributed by atoms with van der Waals surface area (Å²) in [6, 6.07) is 71.1. The first-order valence-corrected chi connectivity index (χ1v) is 17.0. The predicted molar refractivity (Wildman–Crippen MR) is 210 cm³/mol. The Kier molecular flexibility index (Phi) is 7.53. The summed E-state index contributed by atoms with van der Waals surface area (Å²) in [5.74, 6) is 0. The van der Waals surface area contributed by atoms with Gasteiger partial charge in [-0.15, -0.1) is 0 Å². The molecule has 0 aliphatic rings. The Morgan fingerprint density at radius 2 is 0.780 bits per heavy atom. The van der Waals surface area contributed by atoms with Crippen LogP contribution in [0.25, 0.3) is 66.4 Å². The van der Waals surface area contributed by atoms with E-state index in [2.05, 4.69) is 193 Å². The number of furan rings is 1. The van der Waals surface area contributed by atoms with E-state index in [1.54, 1.807) is 0 Å². The van der Waals surface area contributed by atoms with Gasteiger partial charge in [0, 0.05) is 16.6 Å². The maximum atomic E-state index is 6.37. The van der Waals surface area contributed by atoms with E-state index in [1.165, 1.54) is 38.9 Å². The van der Waals surface area contributed by atoms with Gasteiger partial charge in [-0.1, -0.05) is 164 Å². The van der Waals surface area contributed by atoms with Crippen molar-refractivity contribution in [3.8, 4) is 44.5 Å². The smallest absolute Gasteiger partial charge is 0.137 e. The van der Waals surface area contributed by atoms with Crippen LogP contribution in [0.1, 0.15) is 0 Å². The molecule has 0 bridgehead atoms. The highest BCUT2D eigenvalue weighted by Gasteiger charge is 2.23. The molecule has 9 aromatic rings. The topological polar surface area (TPSA) is 16.4 Å². The van der Waals surface area contributed by atoms with E-state index in [0.29, 0.717) is 0 Å². The second kappa shape index (κ2) is 12.8. The first kappa shape index (κ1) is 29.5. The summed E-state index contributed by atoms with van der Waals surface area (Å²) in [6.07, 6.45) is 0. The Morgan fingerprint density at radius 1 is 0.300 bits per heavy atom. The zero-order valence-electron chi connectivity index (χ0n) is 27.4. The number of anilines is 3. The molecule has 9 rings (SSSR count). The summed E-state index contributed by atoms with van der Waals surface area (Å²) in [7, 11) is 0.